The second-order valence-corrected chi connectivity index (χ2v) is 8.60. The standard InChI is InChI=1S/C22H24N3S/c1-14-12-13-16-20(26-21(23-16)15-8-4-5-9-15)19(14)22-24(2)17-10-6-7-11-18(17)25(22)3/h6-7,10-13,15H,4-5,8-9H2,1-3H3/q+1. The maximum absolute atomic E-state index is 5.04. The normalized spacial score (nSPS) is 15.5. The molecule has 132 valence electrons. The van der Waals surface area contributed by atoms with Gasteiger partial charge in [0.15, 0.2) is 11.0 Å². The minimum absolute atomic E-state index is 0.668. The SMILES string of the molecule is Cc1ccc2nc(C3CCCC3)sc2c1-c1n(C)c2ccccc2[n+]1C. The summed E-state index contributed by atoms with van der Waals surface area (Å²) in [4.78, 5) is 5.04. The van der Waals surface area contributed by atoms with Crippen molar-refractivity contribution in [3.63, 3.8) is 0 Å². The smallest absolute Gasteiger partial charge is 0.241 e. The van der Waals surface area contributed by atoms with E-state index in [1.165, 1.54) is 63.4 Å². The maximum Gasteiger partial charge on any atom is 0.291 e. The summed E-state index contributed by atoms with van der Waals surface area (Å²) >= 11 is 1.92. The fourth-order valence-electron chi connectivity index (χ4n) is 4.55. The lowest BCUT2D eigenvalue weighted by molar-refractivity contribution is -0.634. The number of aromatic nitrogens is 3. The third kappa shape index (κ3) is 2.25. The molecule has 2 heterocycles. The van der Waals surface area contributed by atoms with E-state index < -0.39 is 0 Å². The molecule has 0 N–H and O–H groups in total. The predicted octanol–water partition coefficient (Wildman–Crippen LogP) is 5.25. The molecule has 4 heteroatoms. The fraction of sp³-hybridized carbons (Fsp3) is 0.364. The largest absolute Gasteiger partial charge is 0.291 e. The summed E-state index contributed by atoms with van der Waals surface area (Å²) in [5.41, 5.74) is 6.35. The van der Waals surface area contributed by atoms with Crippen molar-refractivity contribution in [2.24, 2.45) is 14.1 Å². The molecule has 2 aromatic carbocycles. The quantitative estimate of drug-likeness (QED) is 0.447. The summed E-state index contributed by atoms with van der Waals surface area (Å²) < 4.78 is 5.99. The van der Waals surface area contributed by atoms with Gasteiger partial charge >= 0.3 is 0 Å². The fourth-order valence-corrected chi connectivity index (χ4v) is 5.88. The van der Waals surface area contributed by atoms with Crippen molar-refractivity contribution in [3.8, 4) is 11.4 Å². The number of rotatable bonds is 2. The molecule has 1 fully saturated rings. The molecule has 0 bridgehead atoms. The molecule has 0 radical (unpaired) electrons. The van der Waals surface area contributed by atoms with Crippen LogP contribution in [0.15, 0.2) is 36.4 Å². The second-order valence-electron chi connectivity index (χ2n) is 7.57. The Balaban J connectivity index is 1.80. The Morgan fingerprint density at radius 1 is 1.12 bits per heavy atom. The van der Waals surface area contributed by atoms with Crippen molar-refractivity contribution in [1.29, 1.82) is 0 Å². The lowest BCUT2D eigenvalue weighted by atomic mass is 10.1. The summed E-state index contributed by atoms with van der Waals surface area (Å²) in [7, 11) is 4.35. The Morgan fingerprint density at radius 3 is 2.65 bits per heavy atom. The second kappa shape index (κ2) is 5.92. The zero-order valence-corrected chi connectivity index (χ0v) is 16.4. The first-order valence-electron chi connectivity index (χ1n) is 9.49. The van der Waals surface area contributed by atoms with Gasteiger partial charge in [0, 0.05) is 5.92 Å². The van der Waals surface area contributed by atoms with Crippen LogP contribution in [0.5, 0.6) is 0 Å². The van der Waals surface area contributed by atoms with Crippen LogP contribution in [0, 0.1) is 6.92 Å². The van der Waals surface area contributed by atoms with Gasteiger partial charge in [0.05, 0.1) is 34.9 Å². The van der Waals surface area contributed by atoms with Crippen molar-refractivity contribution in [2.75, 3.05) is 0 Å². The molecular formula is C22H24N3S+. The Hall–Kier alpha value is -2.20. The van der Waals surface area contributed by atoms with Gasteiger partial charge in [-0.05, 0) is 43.5 Å². The molecule has 2 aromatic heterocycles. The number of hydrogen-bond donors (Lipinski definition) is 0. The maximum atomic E-state index is 5.04. The highest BCUT2D eigenvalue weighted by molar-refractivity contribution is 7.19. The summed E-state index contributed by atoms with van der Waals surface area (Å²) in [5.74, 6) is 1.93. The third-order valence-electron chi connectivity index (χ3n) is 5.95. The van der Waals surface area contributed by atoms with Crippen molar-refractivity contribution in [1.82, 2.24) is 9.55 Å². The van der Waals surface area contributed by atoms with Crippen LogP contribution in [-0.4, -0.2) is 9.55 Å². The molecular weight excluding hydrogens is 338 g/mol. The molecule has 26 heavy (non-hydrogen) atoms. The lowest BCUT2D eigenvalue weighted by Gasteiger charge is -2.05. The van der Waals surface area contributed by atoms with Crippen molar-refractivity contribution >= 4 is 32.6 Å². The lowest BCUT2D eigenvalue weighted by Crippen LogP contribution is -2.30. The van der Waals surface area contributed by atoms with Crippen LogP contribution in [0.2, 0.25) is 0 Å². The van der Waals surface area contributed by atoms with E-state index in [1.54, 1.807) is 0 Å². The number of benzene rings is 2. The summed E-state index contributed by atoms with van der Waals surface area (Å²) in [6.07, 6.45) is 5.31. The van der Waals surface area contributed by atoms with Gasteiger partial charge in [0.1, 0.15) is 0 Å². The average Bonchev–Trinajstić information content (AvgIpc) is 3.36. The van der Waals surface area contributed by atoms with E-state index in [-0.39, 0.29) is 0 Å². The number of para-hydroxylation sites is 2. The van der Waals surface area contributed by atoms with Crippen LogP contribution in [0.25, 0.3) is 32.6 Å². The third-order valence-corrected chi connectivity index (χ3v) is 7.20. The minimum atomic E-state index is 0.668. The Labute approximate surface area is 157 Å². The predicted molar refractivity (Wildman–Crippen MR) is 109 cm³/mol. The first kappa shape index (κ1) is 16.0. The number of imidazole rings is 1. The molecule has 0 amide bonds. The number of thiazole rings is 1. The minimum Gasteiger partial charge on any atom is -0.241 e. The molecule has 1 aliphatic rings. The molecule has 0 unspecified atom stereocenters. The van der Waals surface area contributed by atoms with Crippen molar-refractivity contribution < 1.29 is 4.57 Å². The zero-order valence-electron chi connectivity index (χ0n) is 15.6. The first-order valence-corrected chi connectivity index (χ1v) is 10.3. The van der Waals surface area contributed by atoms with E-state index in [0.29, 0.717) is 5.92 Å². The van der Waals surface area contributed by atoms with Gasteiger partial charge in [-0.2, -0.15) is 0 Å². The van der Waals surface area contributed by atoms with Crippen molar-refractivity contribution in [3.05, 3.63) is 47.0 Å². The highest BCUT2D eigenvalue weighted by atomic mass is 32.1. The molecule has 4 aromatic rings. The number of nitrogens with zero attached hydrogens (tertiary/aromatic N) is 3. The molecule has 1 saturated carbocycles. The molecule has 3 nitrogen and oxygen atoms in total. The van der Waals surface area contributed by atoms with Gasteiger partial charge in [-0.3, -0.25) is 0 Å². The van der Waals surface area contributed by atoms with Gasteiger partial charge in [-0.25, -0.2) is 14.1 Å². The molecule has 5 rings (SSSR count). The van der Waals surface area contributed by atoms with Crippen LogP contribution in [0.3, 0.4) is 0 Å². The van der Waals surface area contributed by atoms with Crippen molar-refractivity contribution in [2.45, 2.75) is 38.5 Å². The summed E-state index contributed by atoms with van der Waals surface area (Å²) in [5, 5.41) is 1.34. The highest BCUT2D eigenvalue weighted by Gasteiger charge is 2.27. The van der Waals surface area contributed by atoms with Crippen LogP contribution in [0.1, 0.15) is 42.2 Å². The Kier molecular flexibility index (Phi) is 3.64. The van der Waals surface area contributed by atoms with E-state index >= 15 is 0 Å². The topological polar surface area (TPSA) is 21.7 Å². The van der Waals surface area contributed by atoms with E-state index in [1.807, 2.05) is 11.3 Å². The van der Waals surface area contributed by atoms with Gasteiger partial charge in [0.25, 0.3) is 5.82 Å². The van der Waals surface area contributed by atoms with Crippen LogP contribution >= 0.6 is 11.3 Å². The van der Waals surface area contributed by atoms with E-state index in [9.17, 15) is 0 Å². The first-order chi connectivity index (χ1) is 12.6. The van der Waals surface area contributed by atoms with Crippen LogP contribution in [-0.2, 0) is 14.1 Å². The highest BCUT2D eigenvalue weighted by Crippen LogP contribution is 2.41. The number of aryl methyl sites for hydroxylation is 3. The summed E-state index contributed by atoms with van der Waals surface area (Å²) in [6, 6.07) is 13.1. The van der Waals surface area contributed by atoms with Gasteiger partial charge < -0.3 is 0 Å². The van der Waals surface area contributed by atoms with E-state index in [2.05, 4.69) is 66.6 Å². The molecule has 0 aliphatic heterocycles. The van der Waals surface area contributed by atoms with Gasteiger partial charge in [-0.15, -0.1) is 11.3 Å². The molecule has 1 aliphatic carbocycles. The van der Waals surface area contributed by atoms with Gasteiger partial charge in [0.2, 0.25) is 0 Å². The monoisotopic (exact) mass is 362 g/mol. The molecule has 0 saturated heterocycles. The van der Waals surface area contributed by atoms with Crippen LogP contribution in [0.4, 0.5) is 0 Å². The average molecular weight is 363 g/mol. The van der Waals surface area contributed by atoms with E-state index in [0.717, 1.165) is 5.52 Å². The Bertz CT molecular complexity index is 1090. The zero-order chi connectivity index (χ0) is 17.8. The van der Waals surface area contributed by atoms with Gasteiger partial charge in [-0.1, -0.05) is 31.0 Å². The molecule has 0 spiro atoms. The Morgan fingerprint density at radius 2 is 1.88 bits per heavy atom. The number of hydrogen-bond acceptors (Lipinski definition) is 2. The molecule has 0 atom stereocenters. The van der Waals surface area contributed by atoms with Crippen LogP contribution < -0.4 is 4.57 Å². The number of fused-ring (bicyclic) bond motifs is 2. The van der Waals surface area contributed by atoms with E-state index in [4.69, 9.17) is 4.98 Å². The summed E-state index contributed by atoms with van der Waals surface area (Å²) in [6.45, 7) is 2.22.